The Morgan fingerprint density at radius 1 is 0.474 bits per heavy atom. The Bertz CT molecular complexity index is 1070. The zero-order chi connectivity index (χ0) is 13.5. The monoisotopic (exact) mass is 293 g/mol. The molecule has 10 heterocycles. The maximum absolute atomic E-state index is 3.96. The van der Waals surface area contributed by atoms with Gasteiger partial charge in [-0.3, -0.25) is 0 Å². The van der Waals surface area contributed by atoms with Crippen molar-refractivity contribution in [2.24, 2.45) is 0 Å². The normalized spacial score (nSPS) is 136. The third-order valence-corrected chi connectivity index (χ3v) is 96.6. The zero-order valence-electron chi connectivity index (χ0n) is 13.6. The van der Waals surface area contributed by atoms with Gasteiger partial charge in [0.1, 0.15) is 0 Å². The molecule has 8 atom stereocenters. The number of hydrogen-bond donors (Lipinski definition) is 0. The molecule has 10 aliphatic heterocycles. The molecule has 0 amide bonds. The van der Waals surface area contributed by atoms with E-state index in [1.165, 1.54) is 9.26 Å². The first-order valence-electron chi connectivity index (χ1n) is 8.96. The minimum absolute atomic E-state index is 0.899. The molecule has 1 heteroatoms. The Hall–Kier alpha value is 0.584. The van der Waals surface area contributed by atoms with Gasteiger partial charge in [-0.15, -0.1) is 0 Å². The van der Waals surface area contributed by atoms with E-state index >= 15 is 0 Å². The van der Waals surface area contributed by atoms with Crippen LogP contribution in [0.5, 0.6) is 0 Å². The summed E-state index contributed by atoms with van der Waals surface area (Å²) in [5.74, 6) is 0. The van der Waals surface area contributed by atoms with Crippen molar-refractivity contribution in [3.05, 3.63) is 0 Å². The van der Waals surface area contributed by atoms with Crippen molar-refractivity contribution >= 4 is 0 Å². The van der Waals surface area contributed by atoms with Gasteiger partial charge in [-0.05, 0) is 0 Å². The molecule has 0 N–H and O–H groups in total. The van der Waals surface area contributed by atoms with Gasteiger partial charge >= 0.3 is 105 Å². The number of rotatable bonds is 0. The van der Waals surface area contributed by atoms with Crippen LogP contribution in [-0.4, -0.2) is 0 Å². The van der Waals surface area contributed by atoms with Crippen molar-refractivity contribution in [3.63, 3.8) is 0 Å². The molecule has 0 aromatic heterocycles. The fourth-order valence-electron chi connectivity index (χ4n) is 35.5. The van der Waals surface area contributed by atoms with Crippen LogP contribution in [0.15, 0.2) is 0 Å². The van der Waals surface area contributed by atoms with Crippen molar-refractivity contribution in [1.29, 1.82) is 0 Å². The van der Waals surface area contributed by atoms with Crippen LogP contribution in [0.1, 0.15) is 55.4 Å². The van der Waals surface area contributed by atoms with Crippen molar-refractivity contribution in [3.8, 4) is 0 Å². The van der Waals surface area contributed by atoms with Crippen LogP contribution in [0.3, 0.4) is 0 Å². The van der Waals surface area contributed by atoms with Gasteiger partial charge in [0, 0.05) is 0 Å². The van der Waals surface area contributed by atoms with Gasteiger partial charge in [-0.25, -0.2) is 0 Å². The molecule has 0 saturated carbocycles. The third kappa shape index (κ3) is 0.0530. The van der Waals surface area contributed by atoms with E-state index in [-0.39, 0.29) is 0 Å². The molecule has 8 unspecified atom stereocenters. The van der Waals surface area contributed by atoms with Crippen LogP contribution in [0.4, 0.5) is 0 Å². The van der Waals surface area contributed by atoms with Crippen LogP contribution in [-0.2, 0) is 7.25 Å². The second kappa shape index (κ2) is 0.579. The van der Waals surface area contributed by atoms with Gasteiger partial charge in [0.25, 0.3) is 0 Å². The molecule has 0 bridgehead atoms. The summed E-state index contributed by atoms with van der Waals surface area (Å²) in [4.78, 5) is 0. The van der Waals surface area contributed by atoms with E-state index in [1.54, 1.807) is 0 Å². The summed E-state index contributed by atoms with van der Waals surface area (Å²) in [6, 6.07) is 0. The van der Waals surface area contributed by atoms with Crippen LogP contribution < -0.4 is 0 Å². The SMILES string of the molecule is C[C]12[CH]3[C]4(C)[C]5(C)[C]1(C)[V]32451678[CH]2[C]1(C)[C]6(C)[C]7(C)[C]28C. The summed E-state index contributed by atoms with van der Waals surface area (Å²) >= 11 is 0. The average Bonchev–Trinajstić information content (AvgIpc) is 3.30. The van der Waals surface area contributed by atoms with Gasteiger partial charge in [-0.2, -0.15) is 0 Å². The summed E-state index contributed by atoms with van der Waals surface area (Å²) in [5.41, 5.74) is 0. The molecule has 0 aromatic carbocycles. The van der Waals surface area contributed by atoms with E-state index in [0.717, 1.165) is 33.0 Å². The Morgan fingerprint density at radius 3 is 0.684 bits per heavy atom. The molecule has 0 radical (unpaired) electrons. The van der Waals surface area contributed by atoms with Gasteiger partial charge < -0.3 is 0 Å². The first kappa shape index (κ1) is 8.28. The fourth-order valence-corrected chi connectivity index (χ4v) is 167. The summed E-state index contributed by atoms with van der Waals surface area (Å²) in [6.45, 7) is 22.9. The van der Waals surface area contributed by atoms with Gasteiger partial charge in [0.05, 0.1) is 0 Å². The van der Waals surface area contributed by atoms with Gasteiger partial charge in [0.15, 0.2) is 0 Å². The summed E-state index contributed by atoms with van der Waals surface area (Å²) in [6.07, 6.45) is 0. The Labute approximate surface area is 105 Å². The van der Waals surface area contributed by atoms with Crippen molar-refractivity contribution in [2.75, 3.05) is 0 Å². The molecule has 10 fully saturated rings. The topological polar surface area (TPSA) is 0 Å². The fraction of sp³-hybridized carbons (Fsp3) is 1.00. The molecule has 10 saturated heterocycles. The van der Waals surface area contributed by atoms with E-state index in [2.05, 4.69) is 55.4 Å². The maximum atomic E-state index is 2.87. The molecule has 1 spiro atoms. The summed E-state index contributed by atoms with van der Waals surface area (Å²) in [5, 5.41) is 0. The molecule has 0 aliphatic carbocycles. The van der Waals surface area contributed by atoms with E-state index in [1.807, 2.05) is 0 Å². The number of fused-ring (bicyclic) bond motifs is 10. The summed E-state index contributed by atoms with van der Waals surface area (Å²) < 4.78 is 9.91. The van der Waals surface area contributed by atoms with E-state index in [9.17, 15) is 0 Å². The predicted molar refractivity (Wildman–Crippen MR) is 74.4 cm³/mol. The minimum atomic E-state index is -3.96. The van der Waals surface area contributed by atoms with Gasteiger partial charge in [0.2, 0.25) is 0 Å². The predicted octanol–water partition coefficient (Wildman–Crippen LogP) is 6.50. The third-order valence-electron chi connectivity index (χ3n) is 26.7. The van der Waals surface area contributed by atoms with Crippen molar-refractivity contribution < 1.29 is 7.25 Å². The second-order valence-electron chi connectivity index (χ2n) is 15.0. The van der Waals surface area contributed by atoms with Crippen LogP contribution in [0.2, 0.25) is 42.3 Å². The molecule has 10 rings (SSSR count). The Kier molecular flexibility index (Phi) is 0.252. The van der Waals surface area contributed by atoms with Gasteiger partial charge in [-0.1, -0.05) is 0 Å². The van der Waals surface area contributed by atoms with Crippen LogP contribution in [0.25, 0.3) is 0 Å². The van der Waals surface area contributed by atoms with Crippen LogP contribution >= 0.6 is 0 Å². The van der Waals surface area contributed by atoms with E-state index in [4.69, 9.17) is 0 Å². The van der Waals surface area contributed by atoms with E-state index in [0.29, 0.717) is 0 Å². The Morgan fingerprint density at radius 2 is 0.684 bits per heavy atom. The molecule has 19 heavy (non-hydrogen) atoms. The molecular formula is C18H26V. The van der Waals surface area contributed by atoms with E-state index < -0.39 is 7.25 Å². The first-order chi connectivity index (χ1) is 8.28. The Balaban J connectivity index is 1.94. The average molecular weight is 293 g/mol. The first-order valence-corrected chi connectivity index (χ1v) is 16.2. The standard InChI is InChI=1S/2C9H13.V/c2*1-6-5-7(2)9(4)8(6)3;/h2*5H,1-4H3;. The van der Waals surface area contributed by atoms with Crippen molar-refractivity contribution in [1.82, 2.24) is 0 Å². The molecule has 103 valence electrons. The zero-order valence-corrected chi connectivity index (χ0v) is 15.0. The van der Waals surface area contributed by atoms with Crippen molar-refractivity contribution in [2.45, 2.75) is 97.7 Å². The molecule has 10 aliphatic rings. The second-order valence-corrected chi connectivity index (χ2v) is 44.7. The molecular weight excluding hydrogens is 267 g/mol. The van der Waals surface area contributed by atoms with Crippen LogP contribution in [0, 0.1) is 0 Å². The quantitative estimate of drug-likeness (QED) is 0.478. The molecule has 0 nitrogen and oxygen atoms in total. The molecule has 0 aromatic rings. The summed E-state index contributed by atoms with van der Waals surface area (Å²) in [7, 11) is -3.96. The number of hydrogen-bond acceptors (Lipinski definition) is 0.